The number of halogens is 1. The lowest BCUT2D eigenvalue weighted by atomic mass is 10.2. The first-order chi connectivity index (χ1) is 7.09. The molecule has 0 N–H and O–H groups in total. The van der Waals surface area contributed by atoms with Crippen LogP contribution in [0.1, 0.15) is 19.9 Å². The molecule has 0 amide bonds. The summed E-state index contributed by atoms with van der Waals surface area (Å²) in [6.07, 6.45) is 1.81. The zero-order valence-electron chi connectivity index (χ0n) is 8.70. The summed E-state index contributed by atoms with van der Waals surface area (Å²) in [5.74, 6) is 0. The van der Waals surface area contributed by atoms with Gasteiger partial charge in [0.1, 0.15) is 0 Å². The summed E-state index contributed by atoms with van der Waals surface area (Å²) in [6, 6.07) is 7.26. The van der Waals surface area contributed by atoms with Gasteiger partial charge in [0.25, 0.3) is 0 Å². The number of nitrogens with zero attached hydrogens (tertiary/aromatic N) is 1. The van der Waals surface area contributed by atoms with E-state index in [1.807, 2.05) is 16.8 Å². The fourth-order valence-corrected chi connectivity index (χ4v) is 1.86. The van der Waals surface area contributed by atoms with Crippen LogP contribution in [-0.2, 0) is 0 Å². The summed E-state index contributed by atoms with van der Waals surface area (Å²) in [6.45, 7) is 4.15. The van der Waals surface area contributed by atoms with Crippen molar-refractivity contribution in [1.29, 1.82) is 0 Å². The van der Waals surface area contributed by atoms with Crippen LogP contribution >= 0.6 is 11.6 Å². The van der Waals surface area contributed by atoms with E-state index in [4.69, 9.17) is 11.6 Å². The molecule has 0 fully saturated rings. The van der Waals surface area contributed by atoms with E-state index in [1.165, 1.54) is 0 Å². The van der Waals surface area contributed by atoms with Crippen molar-refractivity contribution in [3.05, 3.63) is 45.7 Å². The molecule has 0 atom stereocenters. The topological polar surface area (TPSA) is 22.0 Å². The van der Waals surface area contributed by atoms with Crippen molar-refractivity contribution in [2.24, 2.45) is 0 Å². The lowest BCUT2D eigenvalue weighted by Crippen LogP contribution is -2.09. The quantitative estimate of drug-likeness (QED) is 0.725. The monoisotopic (exact) mass is 221 g/mol. The number of benzene rings is 1. The maximum Gasteiger partial charge on any atom is 0.189 e. The van der Waals surface area contributed by atoms with Gasteiger partial charge in [-0.25, -0.2) is 0 Å². The minimum atomic E-state index is 0.0403. The number of rotatable bonds is 1. The predicted molar refractivity (Wildman–Crippen MR) is 63.6 cm³/mol. The first-order valence-electron chi connectivity index (χ1n) is 4.90. The van der Waals surface area contributed by atoms with Gasteiger partial charge in [-0.15, -0.1) is 0 Å². The Morgan fingerprint density at radius 1 is 1.27 bits per heavy atom. The molecule has 1 aromatic heterocycles. The van der Waals surface area contributed by atoms with Crippen LogP contribution in [-0.4, -0.2) is 4.57 Å². The molecule has 2 aromatic rings. The lowest BCUT2D eigenvalue weighted by molar-refractivity contribution is 0.618. The maximum atomic E-state index is 11.6. The van der Waals surface area contributed by atoms with Gasteiger partial charge in [0.05, 0.1) is 5.52 Å². The Kier molecular flexibility index (Phi) is 2.53. The molecule has 0 radical (unpaired) electrons. The van der Waals surface area contributed by atoms with E-state index in [2.05, 4.69) is 13.8 Å². The number of fused-ring (bicyclic) bond motifs is 1. The second kappa shape index (κ2) is 3.70. The van der Waals surface area contributed by atoms with Crippen molar-refractivity contribution in [3.8, 4) is 0 Å². The molecular formula is C12H12ClNO. The molecule has 15 heavy (non-hydrogen) atoms. The fraction of sp³-hybridized carbons (Fsp3) is 0.250. The van der Waals surface area contributed by atoms with Crippen molar-refractivity contribution in [2.75, 3.05) is 0 Å². The van der Waals surface area contributed by atoms with Gasteiger partial charge in [-0.2, -0.15) is 0 Å². The highest BCUT2D eigenvalue weighted by Gasteiger charge is 2.05. The minimum Gasteiger partial charge on any atom is -0.345 e. The summed E-state index contributed by atoms with van der Waals surface area (Å²) >= 11 is 5.93. The molecule has 0 aliphatic rings. The van der Waals surface area contributed by atoms with Gasteiger partial charge in [-0.1, -0.05) is 11.6 Å². The van der Waals surface area contributed by atoms with E-state index < -0.39 is 0 Å². The number of hydrogen-bond donors (Lipinski definition) is 0. The summed E-state index contributed by atoms with van der Waals surface area (Å²) in [4.78, 5) is 11.6. The molecule has 0 saturated heterocycles. The molecule has 3 heteroatoms. The Bertz CT molecular complexity index is 557. The normalized spacial score (nSPS) is 11.2. The Morgan fingerprint density at radius 3 is 2.67 bits per heavy atom. The van der Waals surface area contributed by atoms with Crippen molar-refractivity contribution in [2.45, 2.75) is 19.9 Å². The van der Waals surface area contributed by atoms with Crippen molar-refractivity contribution in [1.82, 2.24) is 4.57 Å². The average molecular weight is 222 g/mol. The predicted octanol–water partition coefficient (Wildman–Crippen LogP) is 3.24. The van der Waals surface area contributed by atoms with Crippen LogP contribution in [0.25, 0.3) is 10.9 Å². The lowest BCUT2D eigenvalue weighted by Gasteiger charge is -2.14. The molecule has 0 bridgehead atoms. The molecule has 0 spiro atoms. The highest BCUT2D eigenvalue weighted by Crippen LogP contribution is 2.19. The van der Waals surface area contributed by atoms with Gasteiger partial charge in [-0.05, 0) is 32.0 Å². The van der Waals surface area contributed by atoms with Crippen LogP contribution in [0.2, 0.25) is 5.02 Å². The van der Waals surface area contributed by atoms with Gasteiger partial charge >= 0.3 is 0 Å². The first-order valence-corrected chi connectivity index (χ1v) is 5.28. The average Bonchev–Trinajstić information content (AvgIpc) is 2.17. The highest BCUT2D eigenvalue weighted by molar-refractivity contribution is 6.31. The van der Waals surface area contributed by atoms with Crippen LogP contribution in [0.5, 0.6) is 0 Å². The summed E-state index contributed by atoms with van der Waals surface area (Å²) in [5, 5.41) is 1.37. The van der Waals surface area contributed by atoms with Crippen LogP contribution in [0.3, 0.4) is 0 Å². The number of aromatic nitrogens is 1. The summed E-state index contributed by atoms with van der Waals surface area (Å²) in [5.41, 5.74) is 0.934. The maximum absolute atomic E-state index is 11.6. The molecule has 1 heterocycles. The molecule has 0 aliphatic carbocycles. The van der Waals surface area contributed by atoms with E-state index in [0.29, 0.717) is 11.1 Å². The first kappa shape index (κ1) is 10.2. The standard InChI is InChI=1S/C12H12ClNO/c1-8(2)14-6-5-12(15)10-4-3-9(13)7-11(10)14/h3-8H,1-2H3. The van der Waals surface area contributed by atoms with Gasteiger partial charge in [-0.3, -0.25) is 4.79 Å². The van der Waals surface area contributed by atoms with Gasteiger partial charge in [0.2, 0.25) is 0 Å². The van der Waals surface area contributed by atoms with Crippen LogP contribution in [0.15, 0.2) is 35.3 Å². The number of pyridine rings is 1. The van der Waals surface area contributed by atoms with Crippen molar-refractivity contribution >= 4 is 22.5 Å². The molecule has 2 nitrogen and oxygen atoms in total. The Balaban J connectivity index is 2.90. The number of hydrogen-bond acceptors (Lipinski definition) is 1. The molecule has 2 rings (SSSR count). The molecule has 0 saturated carbocycles. The molecule has 78 valence electrons. The smallest absolute Gasteiger partial charge is 0.189 e. The van der Waals surface area contributed by atoms with Crippen molar-refractivity contribution < 1.29 is 0 Å². The van der Waals surface area contributed by atoms with E-state index in [-0.39, 0.29) is 5.43 Å². The minimum absolute atomic E-state index is 0.0403. The van der Waals surface area contributed by atoms with E-state index in [9.17, 15) is 4.79 Å². The molecule has 0 aliphatic heterocycles. The van der Waals surface area contributed by atoms with Crippen molar-refractivity contribution in [3.63, 3.8) is 0 Å². The van der Waals surface area contributed by atoms with E-state index in [1.54, 1.807) is 18.2 Å². The zero-order chi connectivity index (χ0) is 11.0. The van der Waals surface area contributed by atoms with Gasteiger partial charge < -0.3 is 4.57 Å². The third kappa shape index (κ3) is 1.77. The van der Waals surface area contributed by atoms with E-state index >= 15 is 0 Å². The highest BCUT2D eigenvalue weighted by atomic mass is 35.5. The Hall–Kier alpha value is -1.28. The molecular weight excluding hydrogens is 210 g/mol. The second-order valence-corrected chi connectivity index (χ2v) is 4.28. The van der Waals surface area contributed by atoms with Crippen LogP contribution < -0.4 is 5.43 Å². The zero-order valence-corrected chi connectivity index (χ0v) is 9.45. The Morgan fingerprint density at radius 2 is 2.00 bits per heavy atom. The largest absolute Gasteiger partial charge is 0.345 e. The second-order valence-electron chi connectivity index (χ2n) is 3.84. The van der Waals surface area contributed by atoms with E-state index in [0.717, 1.165) is 10.9 Å². The summed E-state index contributed by atoms with van der Waals surface area (Å²) in [7, 11) is 0. The summed E-state index contributed by atoms with van der Waals surface area (Å²) < 4.78 is 2.04. The molecule has 0 unspecified atom stereocenters. The van der Waals surface area contributed by atoms with Crippen LogP contribution in [0.4, 0.5) is 0 Å². The SMILES string of the molecule is CC(C)n1ccc(=O)c2ccc(Cl)cc21. The Labute approximate surface area is 93.1 Å². The van der Waals surface area contributed by atoms with Gasteiger partial charge in [0, 0.05) is 28.7 Å². The fourth-order valence-electron chi connectivity index (χ4n) is 1.70. The third-order valence-corrected chi connectivity index (χ3v) is 2.68. The molecule has 1 aromatic carbocycles. The third-order valence-electron chi connectivity index (χ3n) is 2.45. The van der Waals surface area contributed by atoms with Crippen LogP contribution in [0, 0.1) is 0 Å². The van der Waals surface area contributed by atoms with Gasteiger partial charge in [0.15, 0.2) is 5.43 Å².